The molecule has 0 saturated carbocycles. The molecule has 1 N–H and O–H groups in total. The van der Waals surface area contributed by atoms with E-state index >= 15 is 0 Å². The second-order valence-corrected chi connectivity index (χ2v) is 7.73. The first-order valence-electron chi connectivity index (χ1n) is 10.0. The fourth-order valence-corrected chi connectivity index (χ4v) is 3.95. The molecule has 2 heterocycles. The van der Waals surface area contributed by atoms with Crippen molar-refractivity contribution in [1.29, 1.82) is 0 Å². The number of piperidine rings is 2. The molecule has 0 bridgehead atoms. The summed E-state index contributed by atoms with van der Waals surface area (Å²) in [7, 11) is 0. The molecule has 0 unspecified atom stereocenters. The Labute approximate surface area is 156 Å². The Kier molecular flexibility index (Phi) is 6.53. The van der Waals surface area contributed by atoms with E-state index in [-0.39, 0.29) is 6.03 Å². The zero-order valence-corrected chi connectivity index (χ0v) is 15.9. The van der Waals surface area contributed by atoms with Crippen LogP contribution in [0.3, 0.4) is 0 Å². The number of rotatable bonds is 4. The Bertz CT molecular complexity index is 608. The normalized spacial score (nSPS) is 20.7. The zero-order chi connectivity index (χ0) is 18.4. The molecule has 26 heavy (non-hydrogen) atoms. The highest BCUT2D eigenvalue weighted by Crippen LogP contribution is 2.23. The number of carbonyl (C=O) groups is 2. The third-order valence-electron chi connectivity index (χ3n) is 5.58. The molecule has 142 valence electrons. The number of likely N-dealkylation sites (tertiary alicyclic amines) is 2. The first-order valence-corrected chi connectivity index (χ1v) is 10.0. The Morgan fingerprint density at radius 2 is 1.69 bits per heavy atom. The SMILES string of the molecule is Cc1ccc(NC(=O)N2CCC[C@H](CCC(=O)N3CCCCC3)C2)cc1. The number of aryl methyl sites for hydroxylation is 1. The summed E-state index contributed by atoms with van der Waals surface area (Å²) in [5.74, 6) is 0.729. The lowest BCUT2D eigenvalue weighted by Crippen LogP contribution is -2.42. The number of hydrogen-bond acceptors (Lipinski definition) is 2. The van der Waals surface area contributed by atoms with Crippen LogP contribution in [0.1, 0.15) is 50.5 Å². The predicted molar refractivity (Wildman–Crippen MR) is 104 cm³/mol. The highest BCUT2D eigenvalue weighted by molar-refractivity contribution is 5.89. The molecule has 0 spiro atoms. The standard InChI is InChI=1S/C21H31N3O2/c1-17-7-10-19(11-8-17)22-21(26)24-15-5-6-18(16-24)9-12-20(25)23-13-3-2-4-14-23/h7-8,10-11,18H,2-6,9,12-16H2,1H3,(H,22,26)/t18-/m1/s1. The van der Waals surface area contributed by atoms with Gasteiger partial charge in [-0.3, -0.25) is 4.79 Å². The van der Waals surface area contributed by atoms with Crippen LogP contribution in [0.15, 0.2) is 24.3 Å². The number of carbonyl (C=O) groups excluding carboxylic acids is 2. The Morgan fingerprint density at radius 3 is 2.42 bits per heavy atom. The van der Waals surface area contributed by atoms with Gasteiger partial charge in [0.1, 0.15) is 0 Å². The van der Waals surface area contributed by atoms with Crippen molar-refractivity contribution in [1.82, 2.24) is 9.80 Å². The smallest absolute Gasteiger partial charge is 0.321 e. The molecule has 3 rings (SSSR count). The maximum Gasteiger partial charge on any atom is 0.321 e. The number of urea groups is 1. The van der Waals surface area contributed by atoms with Gasteiger partial charge in [-0.25, -0.2) is 4.79 Å². The highest BCUT2D eigenvalue weighted by Gasteiger charge is 2.25. The Balaban J connectivity index is 1.45. The molecule has 2 aliphatic rings. The number of amides is 3. The molecule has 0 radical (unpaired) electrons. The summed E-state index contributed by atoms with van der Waals surface area (Å²) in [6.07, 6.45) is 7.18. The van der Waals surface area contributed by atoms with Gasteiger partial charge in [0, 0.05) is 38.3 Å². The second-order valence-electron chi connectivity index (χ2n) is 7.73. The van der Waals surface area contributed by atoms with Gasteiger partial charge < -0.3 is 15.1 Å². The summed E-state index contributed by atoms with van der Waals surface area (Å²) < 4.78 is 0. The van der Waals surface area contributed by atoms with Crippen molar-refractivity contribution in [3.05, 3.63) is 29.8 Å². The summed E-state index contributed by atoms with van der Waals surface area (Å²) >= 11 is 0. The maximum atomic E-state index is 12.5. The van der Waals surface area contributed by atoms with Crippen molar-refractivity contribution in [3.63, 3.8) is 0 Å². The van der Waals surface area contributed by atoms with Gasteiger partial charge >= 0.3 is 6.03 Å². The van der Waals surface area contributed by atoms with Crippen LogP contribution in [0.4, 0.5) is 10.5 Å². The first kappa shape index (κ1) is 18.7. The lowest BCUT2D eigenvalue weighted by molar-refractivity contribution is -0.132. The number of nitrogens with one attached hydrogen (secondary N) is 1. The summed E-state index contributed by atoms with van der Waals surface area (Å²) in [5, 5.41) is 2.99. The van der Waals surface area contributed by atoms with Crippen LogP contribution in [0.25, 0.3) is 0 Å². The molecule has 0 aliphatic carbocycles. The number of anilines is 1. The van der Waals surface area contributed by atoms with Crippen LogP contribution < -0.4 is 5.32 Å². The van der Waals surface area contributed by atoms with Gasteiger partial charge in [0.15, 0.2) is 0 Å². The zero-order valence-electron chi connectivity index (χ0n) is 15.9. The van der Waals surface area contributed by atoms with Crippen LogP contribution in [0.2, 0.25) is 0 Å². The van der Waals surface area contributed by atoms with Crippen molar-refractivity contribution < 1.29 is 9.59 Å². The van der Waals surface area contributed by atoms with Crippen molar-refractivity contribution in [2.45, 2.75) is 51.9 Å². The van der Waals surface area contributed by atoms with Gasteiger partial charge in [-0.05, 0) is 63.5 Å². The maximum absolute atomic E-state index is 12.5. The average Bonchev–Trinajstić information content (AvgIpc) is 2.69. The van der Waals surface area contributed by atoms with E-state index in [0.29, 0.717) is 18.2 Å². The molecule has 1 aromatic rings. The second kappa shape index (κ2) is 9.06. The van der Waals surface area contributed by atoms with Crippen LogP contribution in [0.5, 0.6) is 0 Å². The topological polar surface area (TPSA) is 52.7 Å². The molecular weight excluding hydrogens is 326 g/mol. The van der Waals surface area contributed by atoms with Gasteiger partial charge in [0.25, 0.3) is 0 Å². The molecular formula is C21H31N3O2. The molecule has 1 aromatic carbocycles. The lowest BCUT2D eigenvalue weighted by atomic mass is 9.93. The molecule has 3 amide bonds. The van der Waals surface area contributed by atoms with Crippen LogP contribution >= 0.6 is 0 Å². The minimum atomic E-state index is -0.0269. The van der Waals surface area contributed by atoms with Crippen molar-refractivity contribution in [3.8, 4) is 0 Å². The van der Waals surface area contributed by atoms with Gasteiger partial charge in [0.2, 0.25) is 5.91 Å². The Hall–Kier alpha value is -2.04. The average molecular weight is 357 g/mol. The molecule has 1 atom stereocenters. The molecule has 2 aliphatic heterocycles. The summed E-state index contributed by atoms with van der Waals surface area (Å²) in [5.41, 5.74) is 2.02. The molecule has 5 heteroatoms. The lowest BCUT2D eigenvalue weighted by Gasteiger charge is -2.33. The van der Waals surface area contributed by atoms with E-state index in [1.807, 2.05) is 41.0 Å². The summed E-state index contributed by atoms with van der Waals surface area (Å²) in [4.78, 5) is 28.8. The monoisotopic (exact) mass is 357 g/mol. The minimum absolute atomic E-state index is 0.0269. The predicted octanol–water partition coefficient (Wildman–Crippen LogP) is 4.03. The van der Waals surface area contributed by atoms with E-state index in [9.17, 15) is 9.59 Å². The van der Waals surface area contributed by atoms with Gasteiger partial charge in [-0.15, -0.1) is 0 Å². The van der Waals surface area contributed by atoms with Gasteiger partial charge in [-0.1, -0.05) is 17.7 Å². The first-order chi connectivity index (χ1) is 12.6. The van der Waals surface area contributed by atoms with E-state index < -0.39 is 0 Å². The van der Waals surface area contributed by atoms with E-state index in [0.717, 1.165) is 64.0 Å². The fraction of sp³-hybridized carbons (Fsp3) is 0.619. The van der Waals surface area contributed by atoms with Crippen molar-refractivity contribution in [2.24, 2.45) is 5.92 Å². The van der Waals surface area contributed by atoms with Gasteiger partial charge in [-0.2, -0.15) is 0 Å². The number of nitrogens with zero attached hydrogens (tertiary/aromatic N) is 2. The Morgan fingerprint density at radius 1 is 1.00 bits per heavy atom. The molecule has 0 aromatic heterocycles. The fourth-order valence-electron chi connectivity index (χ4n) is 3.95. The minimum Gasteiger partial charge on any atom is -0.343 e. The van der Waals surface area contributed by atoms with Crippen LogP contribution in [-0.2, 0) is 4.79 Å². The molecule has 2 saturated heterocycles. The van der Waals surface area contributed by atoms with Crippen LogP contribution in [-0.4, -0.2) is 47.9 Å². The highest BCUT2D eigenvalue weighted by atomic mass is 16.2. The number of benzene rings is 1. The van der Waals surface area contributed by atoms with Crippen molar-refractivity contribution >= 4 is 17.6 Å². The molecule has 5 nitrogen and oxygen atoms in total. The third-order valence-corrected chi connectivity index (χ3v) is 5.58. The van der Waals surface area contributed by atoms with Crippen molar-refractivity contribution in [2.75, 3.05) is 31.5 Å². The largest absolute Gasteiger partial charge is 0.343 e. The van der Waals surface area contributed by atoms with E-state index in [4.69, 9.17) is 0 Å². The van der Waals surface area contributed by atoms with E-state index in [1.54, 1.807) is 0 Å². The van der Waals surface area contributed by atoms with Gasteiger partial charge in [0.05, 0.1) is 0 Å². The summed E-state index contributed by atoms with van der Waals surface area (Å²) in [6, 6.07) is 7.85. The summed E-state index contributed by atoms with van der Waals surface area (Å²) in [6.45, 7) is 5.44. The number of hydrogen-bond donors (Lipinski definition) is 1. The molecule has 2 fully saturated rings. The van der Waals surface area contributed by atoms with Crippen LogP contribution in [0, 0.1) is 12.8 Å². The van der Waals surface area contributed by atoms with E-state index in [2.05, 4.69) is 5.32 Å². The third kappa shape index (κ3) is 5.23. The quantitative estimate of drug-likeness (QED) is 0.884. The van der Waals surface area contributed by atoms with E-state index in [1.165, 1.54) is 12.0 Å².